The van der Waals surface area contributed by atoms with E-state index in [1.807, 2.05) is 23.1 Å². The molecule has 0 bridgehead atoms. The Hall–Kier alpha value is -2.86. The molecule has 29 heavy (non-hydrogen) atoms. The average molecular weight is 408 g/mol. The number of rotatable bonds is 3. The van der Waals surface area contributed by atoms with E-state index in [0.717, 1.165) is 28.8 Å². The molecule has 1 aliphatic heterocycles. The number of carbonyl (C=O) groups is 1. The second-order valence-corrected chi connectivity index (χ2v) is 8.57. The van der Waals surface area contributed by atoms with Crippen LogP contribution in [0.1, 0.15) is 34.0 Å². The molecule has 2 aromatic carbocycles. The monoisotopic (exact) mass is 408 g/mol. The van der Waals surface area contributed by atoms with Crippen LogP contribution in [0.15, 0.2) is 48.7 Å². The molecule has 0 saturated carbocycles. The third-order valence-corrected chi connectivity index (χ3v) is 6.95. The Morgan fingerprint density at radius 2 is 2.00 bits per heavy atom. The fourth-order valence-corrected chi connectivity index (χ4v) is 5.31. The van der Waals surface area contributed by atoms with E-state index in [2.05, 4.69) is 17.2 Å². The maximum Gasteiger partial charge on any atom is 0.263 e. The van der Waals surface area contributed by atoms with Crippen molar-refractivity contribution in [2.24, 2.45) is 0 Å². The van der Waals surface area contributed by atoms with E-state index in [4.69, 9.17) is 4.74 Å². The molecule has 2 aromatic heterocycles. The highest BCUT2D eigenvalue weighted by Crippen LogP contribution is 2.36. The lowest BCUT2D eigenvalue weighted by molar-refractivity contribution is 0.0718. The molecule has 1 saturated heterocycles. The first-order valence-electron chi connectivity index (χ1n) is 9.76. The van der Waals surface area contributed by atoms with Crippen LogP contribution in [-0.4, -0.2) is 36.0 Å². The number of nitrogens with one attached hydrogen (secondary N) is 1. The Kier molecular flexibility index (Phi) is 4.51. The number of benzene rings is 2. The van der Waals surface area contributed by atoms with Crippen molar-refractivity contribution in [3.63, 3.8) is 0 Å². The lowest BCUT2D eigenvalue weighted by atomic mass is 9.89. The zero-order chi connectivity index (χ0) is 20.0. The number of ether oxygens (including phenoxy) is 1. The fourth-order valence-electron chi connectivity index (χ4n) is 4.27. The standard InChI is InChI=1S/C23H21FN2O2S/c1-28-15-5-6-20-16(11-15)18(13-25-20)14-7-9-26(10-8-14)23(27)22-12-17-19(24)3-2-4-21(17)29-22/h2-6,11-14,25H,7-10H2,1H3. The van der Waals surface area contributed by atoms with Gasteiger partial charge in [-0.2, -0.15) is 0 Å². The summed E-state index contributed by atoms with van der Waals surface area (Å²) < 4.78 is 20.2. The van der Waals surface area contributed by atoms with E-state index >= 15 is 0 Å². The van der Waals surface area contributed by atoms with Gasteiger partial charge in [-0.05, 0) is 60.7 Å². The average Bonchev–Trinajstić information content (AvgIpc) is 3.38. The van der Waals surface area contributed by atoms with Crippen molar-refractivity contribution in [1.82, 2.24) is 9.88 Å². The maximum absolute atomic E-state index is 14.0. The van der Waals surface area contributed by atoms with Gasteiger partial charge in [0.2, 0.25) is 0 Å². The van der Waals surface area contributed by atoms with Gasteiger partial charge >= 0.3 is 0 Å². The number of aromatic amines is 1. The Labute approximate surface area is 171 Å². The summed E-state index contributed by atoms with van der Waals surface area (Å²) in [4.78, 5) is 18.8. The number of aromatic nitrogens is 1. The van der Waals surface area contributed by atoms with Gasteiger partial charge in [0.05, 0.1) is 12.0 Å². The molecule has 0 radical (unpaired) electrons. The summed E-state index contributed by atoms with van der Waals surface area (Å²) in [5.74, 6) is 0.985. The predicted molar refractivity (Wildman–Crippen MR) is 115 cm³/mol. The molecule has 0 unspecified atom stereocenters. The van der Waals surface area contributed by atoms with Gasteiger partial charge in [-0.3, -0.25) is 4.79 Å². The van der Waals surface area contributed by atoms with Crippen LogP contribution in [0.25, 0.3) is 21.0 Å². The molecule has 5 rings (SSSR count). The van der Waals surface area contributed by atoms with Crippen LogP contribution >= 0.6 is 11.3 Å². The second-order valence-electron chi connectivity index (χ2n) is 7.48. The van der Waals surface area contributed by atoms with Gasteiger partial charge in [0.25, 0.3) is 5.91 Å². The SMILES string of the molecule is COc1ccc2[nH]cc(C3CCN(C(=O)c4cc5c(F)cccc5s4)CC3)c2c1. The van der Waals surface area contributed by atoms with Crippen LogP contribution in [0.4, 0.5) is 4.39 Å². The zero-order valence-electron chi connectivity index (χ0n) is 16.1. The van der Waals surface area contributed by atoms with Crippen LogP contribution in [0.2, 0.25) is 0 Å². The van der Waals surface area contributed by atoms with Crippen molar-refractivity contribution < 1.29 is 13.9 Å². The first-order chi connectivity index (χ1) is 14.1. The number of fused-ring (bicyclic) bond motifs is 2. The van der Waals surface area contributed by atoms with Gasteiger partial charge in [0, 0.05) is 40.3 Å². The number of halogens is 1. The van der Waals surface area contributed by atoms with Crippen molar-refractivity contribution >= 4 is 38.2 Å². The van der Waals surface area contributed by atoms with Crippen molar-refractivity contribution in [1.29, 1.82) is 0 Å². The topological polar surface area (TPSA) is 45.3 Å². The lowest BCUT2D eigenvalue weighted by Crippen LogP contribution is -2.37. The molecule has 4 aromatic rings. The third-order valence-electron chi connectivity index (χ3n) is 5.86. The van der Waals surface area contributed by atoms with E-state index in [-0.39, 0.29) is 11.7 Å². The maximum atomic E-state index is 14.0. The largest absolute Gasteiger partial charge is 0.497 e. The molecule has 1 N–H and O–H groups in total. The number of amides is 1. The Balaban J connectivity index is 1.33. The first-order valence-corrected chi connectivity index (χ1v) is 10.6. The molecule has 0 aliphatic carbocycles. The van der Waals surface area contributed by atoms with Crippen molar-refractivity contribution in [2.45, 2.75) is 18.8 Å². The molecule has 1 aliphatic rings. The highest BCUT2D eigenvalue weighted by atomic mass is 32.1. The van der Waals surface area contributed by atoms with Gasteiger partial charge < -0.3 is 14.6 Å². The molecule has 3 heterocycles. The van der Waals surface area contributed by atoms with Crippen molar-refractivity contribution in [2.75, 3.05) is 20.2 Å². The van der Waals surface area contributed by atoms with Crippen LogP contribution < -0.4 is 4.74 Å². The second kappa shape index (κ2) is 7.19. The fraction of sp³-hybridized carbons (Fsp3) is 0.261. The lowest BCUT2D eigenvalue weighted by Gasteiger charge is -2.31. The summed E-state index contributed by atoms with van der Waals surface area (Å²) >= 11 is 1.37. The zero-order valence-corrected chi connectivity index (χ0v) is 16.9. The first kappa shape index (κ1) is 18.2. The van der Waals surface area contributed by atoms with E-state index in [9.17, 15) is 9.18 Å². The number of H-pyrrole nitrogens is 1. The highest BCUT2D eigenvalue weighted by molar-refractivity contribution is 7.20. The summed E-state index contributed by atoms with van der Waals surface area (Å²) in [5.41, 5.74) is 2.39. The van der Waals surface area contributed by atoms with Crippen LogP contribution in [-0.2, 0) is 0 Å². The number of thiophene rings is 1. The summed E-state index contributed by atoms with van der Waals surface area (Å²) in [5, 5.41) is 1.72. The number of nitrogens with zero attached hydrogens (tertiary/aromatic N) is 1. The van der Waals surface area contributed by atoms with Crippen molar-refractivity contribution in [3.05, 3.63) is 64.9 Å². The minimum absolute atomic E-state index is 0.00430. The van der Waals surface area contributed by atoms with E-state index in [0.29, 0.717) is 29.3 Å². The molecule has 148 valence electrons. The third kappa shape index (κ3) is 3.17. The Bertz CT molecular complexity index is 1200. The van der Waals surface area contributed by atoms with Gasteiger partial charge in [-0.1, -0.05) is 6.07 Å². The molecule has 6 heteroatoms. The molecular formula is C23H21FN2O2S. The minimum atomic E-state index is -0.272. The molecule has 4 nitrogen and oxygen atoms in total. The summed E-state index contributed by atoms with van der Waals surface area (Å²) in [6.07, 6.45) is 3.91. The predicted octanol–water partition coefficient (Wildman–Crippen LogP) is 5.55. The molecule has 1 amide bonds. The quantitative estimate of drug-likeness (QED) is 0.483. The smallest absolute Gasteiger partial charge is 0.263 e. The van der Waals surface area contributed by atoms with Crippen molar-refractivity contribution in [3.8, 4) is 5.75 Å². The molecule has 0 spiro atoms. The Morgan fingerprint density at radius 3 is 2.76 bits per heavy atom. The Morgan fingerprint density at radius 1 is 1.17 bits per heavy atom. The number of piperidine rings is 1. The summed E-state index contributed by atoms with van der Waals surface area (Å²) in [6.45, 7) is 1.41. The summed E-state index contributed by atoms with van der Waals surface area (Å²) in [7, 11) is 1.68. The number of likely N-dealkylation sites (tertiary alicyclic amines) is 1. The highest BCUT2D eigenvalue weighted by Gasteiger charge is 2.27. The number of hydrogen-bond donors (Lipinski definition) is 1. The molecular weight excluding hydrogens is 387 g/mol. The van der Waals surface area contributed by atoms with Crippen LogP contribution in [0.5, 0.6) is 5.75 Å². The molecule has 1 fully saturated rings. The van der Waals surface area contributed by atoms with Crippen LogP contribution in [0.3, 0.4) is 0 Å². The van der Waals surface area contributed by atoms with Crippen LogP contribution in [0, 0.1) is 5.82 Å². The van der Waals surface area contributed by atoms with E-state index in [1.165, 1.54) is 28.4 Å². The number of methoxy groups -OCH3 is 1. The van der Waals surface area contributed by atoms with E-state index in [1.54, 1.807) is 19.2 Å². The minimum Gasteiger partial charge on any atom is -0.497 e. The van der Waals surface area contributed by atoms with Gasteiger partial charge in [0.15, 0.2) is 0 Å². The normalized spacial score (nSPS) is 15.3. The summed E-state index contributed by atoms with van der Waals surface area (Å²) in [6, 6.07) is 12.7. The number of carbonyl (C=O) groups excluding carboxylic acids is 1. The molecule has 0 atom stereocenters. The number of hydrogen-bond acceptors (Lipinski definition) is 3. The van der Waals surface area contributed by atoms with Gasteiger partial charge in [-0.15, -0.1) is 11.3 Å². The van der Waals surface area contributed by atoms with E-state index < -0.39 is 0 Å². The van der Waals surface area contributed by atoms with Gasteiger partial charge in [0.1, 0.15) is 11.6 Å². The van der Waals surface area contributed by atoms with Gasteiger partial charge in [-0.25, -0.2) is 4.39 Å².